The lowest BCUT2D eigenvalue weighted by Gasteiger charge is -2.08. The van der Waals surface area contributed by atoms with Gasteiger partial charge in [-0.1, -0.05) is 12.1 Å². The molecule has 24 heavy (non-hydrogen) atoms. The average molecular weight is 332 g/mol. The molecule has 0 unspecified atom stereocenters. The lowest BCUT2D eigenvalue weighted by atomic mass is 10.1. The molecule has 0 bridgehead atoms. The molecule has 0 aromatic heterocycles. The minimum absolute atomic E-state index is 0.00592. The van der Waals surface area contributed by atoms with Crippen molar-refractivity contribution in [3.63, 3.8) is 0 Å². The van der Waals surface area contributed by atoms with Gasteiger partial charge >= 0.3 is 0 Å². The predicted molar refractivity (Wildman–Crippen MR) is 89.9 cm³/mol. The molecule has 1 aromatic carbocycles. The Morgan fingerprint density at radius 1 is 1.17 bits per heavy atom. The SMILES string of the molecule is CC(=O)c1cccc(OCCCC(=O)NCCNC(=O)C2CC2)c1. The molecule has 130 valence electrons. The quantitative estimate of drug-likeness (QED) is 0.504. The lowest BCUT2D eigenvalue weighted by molar-refractivity contribution is -0.123. The van der Waals surface area contributed by atoms with Gasteiger partial charge in [0, 0.05) is 31.0 Å². The van der Waals surface area contributed by atoms with Crippen LogP contribution in [0.4, 0.5) is 0 Å². The van der Waals surface area contributed by atoms with Crippen LogP contribution in [-0.4, -0.2) is 37.3 Å². The van der Waals surface area contributed by atoms with Crippen molar-refractivity contribution in [2.45, 2.75) is 32.6 Å². The minimum Gasteiger partial charge on any atom is -0.494 e. The van der Waals surface area contributed by atoms with Gasteiger partial charge in [0.05, 0.1) is 6.61 Å². The van der Waals surface area contributed by atoms with E-state index >= 15 is 0 Å². The molecule has 1 aromatic rings. The van der Waals surface area contributed by atoms with Crippen LogP contribution in [0.25, 0.3) is 0 Å². The van der Waals surface area contributed by atoms with Crippen LogP contribution >= 0.6 is 0 Å². The van der Waals surface area contributed by atoms with Gasteiger partial charge in [0.15, 0.2) is 5.78 Å². The molecule has 1 saturated carbocycles. The summed E-state index contributed by atoms with van der Waals surface area (Å²) in [5, 5.41) is 5.56. The second-order valence-electron chi connectivity index (χ2n) is 5.95. The third-order valence-corrected chi connectivity index (χ3v) is 3.75. The fourth-order valence-electron chi connectivity index (χ4n) is 2.19. The molecule has 0 spiro atoms. The Hall–Kier alpha value is -2.37. The first-order valence-corrected chi connectivity index (χ1v) is 8.34. The van der Waals surface area contributed by atoms with E-state index < -0.39 is 0 Å². The number of Topliss-reactive ketones (excluding diaryl/α,β-unsaturated/α-hetero) is 1. The van der Waals surface area contributed by atoms with Crippen molar-refractivity contribution in [3.8, 4) is 5.75 Å². The van der Waals surface area contributed by atoms with Crippen LogP contribution in [0.1, 0.15) is 43.0 Å². The first-order valence-electron chi connectivity index (χ1n) is 8.34. The van der Waals surface area contributed by atoms with Gasteiger partial charge in [0.1, 0.15) is 5.75 Å². The minimum atomic E-state index is -0.0586. The largest absolute Gasteiger partial charge is 0.494 e. The molecular weight excluding hydrogens is 308 g/mol. The number of rotatable bonds is 10. The van der Waals surface area contributed by atoms with E-state index in [9.17, 15) is 14.4 Å². The van der Waals surface area contributed by atoms with Crippen LogP contribution in [0.5, 0.6) is 5.75 Å². The second kappa shape index (κ2) is 9.05. The van der Waals surface area contributed by atoms with E-state index in [2.05, 4.69) is 10.6 Å². The van der Waals surface area contributed by atoms with Crippen LogP contribution < -0.4 is 15.4 Å². The van der Waals surface area contributed by atoms with Crippen LogP contribution in [-0.2, 0) is 9.59 Å². The first kappa shape index (κ1) is 18.0. The molecule has 0 aliphatic heterocycles. The van der Waals surface area contributed by atoms with E-state index in [1.807, 2.05) is 0 Å². The van der Waals surface area contributed by atoms with Gasteiger partial charge < -0.3 is 15.4 Å². The predicted octanol–water partition coefficient (Wildman–Crippen LogP) is 1.69. The number of hydrogen-bond acceptors (Lipinski definition) is 4. The molecule has 2 N–H and O–H groups in total. The number of hydrogen-bond donors (Lipinski definition) is 2. The van der Waals surface area contributed by atoms with Crippen molar-refractivity contribution in [1.82, 2.24) is 10.6 Å². The highest BCUT2D eigenvalue weighted by Crippen LogP contribution is 2.28. The maximum absolute atomic E-state index is 11.7. The Morgan fingerprint density at radius 3 is 2.62 bits per heavy atom. The Morgan fingerprint density at radius 2 is 1.92 bits per heavy atom. The van der Waals surface area contributed by atoms with Gasteiger partial charge in [-0.15, -0.1) is 0 Å². The number of carbonyl (C=O) groups is 3. The summed E-state index contributed by atoms with van der Waals surface area (Å²) in [6, 6.07) is 7.00. The molecule has 1 aliphatic rings. The fraction of sp³-hybridized carbons (Fsp3) is 0.500. The fourth-order valence-corrected chi connectivity index (χ4v) is 2.19. The summed E-state index contributed by atoms with van der Waals surface area (Å²) in [4.78, 5) is 34.4. The zero-order valence-corrected chi connectivity index (χ0v) is 14.0. The maximum Gasteiger partial charge on any atom is 0.223 e. The molecule has 1 aliphatic carbocycles. The molecule has 0 saturated heterocycles. The molecular formula is C18H24N2O4. The smallest absolute Gasteiger partial charge is 0.223 e. The number of ether oxygens (including phenoxy) is 1. The molecule has 6 heteroatoms. The summed E-state index contributed by atoms with van der Waals surface area (Å²) in [6.07, 6.45) is 2.91. The van der Waals surface area contributed by atoms with E-state index in [0.29, 0.717) is 43.9 Å². The monoisotopic (exact) mass is 332 g/mol. The number of ketones is 1. The summed E-state index contributed by atoms with van der Waals surface area (Å²) in [5.41, 5.74) is 0.610. The molecule has 0 radical (unpaired) electrons. The standard InChI is InChI=1S/C18H24N2O4/c1-13(21)15-4-2-5-16(12-15)24-11-3-6-17(22)19-9-10-20-18(23)14-7-8-14/h2,4-5,12,14H,3,6-11H2,1H3,(H,19,22)(H,20,23). The van der Waals surface area contributed by atoms with Gasteiger partial charge in [-0.05, 0) is 38.3 Å². The lowest BCUT2D eigenvalue weighted by Crippen LogP contribution is -2.35. The van der Waals surface area contributed by atoms with Crippen molar-refractivity contribution >= 4 is 17.6 Å². The Labute approximate surface area is 142 Å². The molecule has 2 amide bonds. The van der Waals surface area contributed by atoms with Gasteiger partial charge in [-0.25, -0.2) is 0 Å². The van der Waals surface area contributed by atoms with E-state index in [0.717, 1.165) is 12.8 Å². The van der Waals surface area contributed by atoms with Crippen molar-refractivity contribution in [3.05, 3.63) is 29.8 Å². The zero-order valence-electron chi connectivity index (χ0n) is 14.0. The Bertz CT molecular complexity index is 596. The van der Waals surface area contributed by atoms with Crippen molar-refractivity contribution in [1.29, 1.82) is 0 Å². The highest BCUT2D eigenvalue weighted by Gasteiger charge is 2.28. The topological polar surface area (TPSA) is 84.5 Å². The Kier molecular flexibility index (Phi) is 6.78. The number of amides is 2. The Balaban J connectivity index is 1.53. The molecule has 6 nitrogen and oxygen atoms in total. The summed E-state index contributed by atoms with van der Waals surface area (Å²) in [5.74, 6) is 0.848. The molecule has 2 rings (SSSR count). The van der Waals surface area contributed by atoms with Crippen LogP contribution in [0, 0.1) is 5.92 Å². The van der Waals surface area contributed by atoms with Crippen LogP contribution in [0.3, 0.4) is 0 Å². The van der Waals surface area contributed by atoms with E-state index in [1.54, 1.807) is 24.3 Å². The molecule has 0 heterocycles. The van der Waals surface area contributed by atoms with Gasteiger partial charge in [-0.2, -0.15) is 0 Å². The summed E-state index contributed by atoms with van der Waals surface area (Å²) >= 11 is 0. The second-order valence-corrected chi connectivity index (χ2v) is 5.95. The third-order valence-electron chi connectivity index (χ3n) is 3.75. The molecule has 1 fully saturated rings. The van der Waals surface area contributed by atoms with Gasteiger partial charge in [0.25, 0.3) is 0 Å². The van der Waals surface area contributed by atoms with Crippen LogP contribution in [0.2, 0.25) is 0 Å². The van der Waals surface area contributed by atoms with Gasteiger partial charge in [-0.3, -0.25) is 14.4 Å². The maximum atomic E-state index is 11.7. The first-order chi connectivity index (χ1) is 11.6. The number of nitrogens with one attached hydrogen (secondary N) is 2. The number of benzene rings is 1. The van der Waals surface area contributed by atoms with Crippen LogP contribution in [0.15, 0.2) is 24.3 Å². The summed E-state index contributed by atoms with van der Waals surface area (Å²) in [6.45, 7) is 2.83. The van der Waals surface area contributed by atoms with Gasteiger partial charge in [0.2, 0.25) is 11.8 Å². The number of carbonyl (C=O) groups excluding carboxylic acids is 3. The van der Waals surface area contributed by atoms with Crippen molar-refractivity contribution in [2.75, 3.05) is 19.7 Å². The van der Waals surface area contributed by atoms with E-state index in [-0.39, 0.29) is 23.5 Å². The third kappa shape index (κ3) is 6.40. The summed E-state index contributed by atoms with van der Waals surface area (Å²) < 4.78 is 5.55. The summed E-state index contributed by atoms with van der Waals surface area (Å²) in [7, 11) is 0. The highest BCUT2D eigenvalue weighted by molar-refractivity contribution is 5.94. The molecule has 0 atom stereocenters. The van der Waals surface area contributed by atoms with Crippen molar-refractivity contribution in [2.24, 2.45) is 5.92 Å². The zero-order chi connectivity index (χ0) is 17.4. The average Bonchev–Trinajstić information content (AvgIpc) is 3.40. The highest BCUT2D eigenvalue weighted by atomic mass is 16.5. The normalized spacial score (nSPS) is 13.2. The van der Waals surface area contributed by atoms with E-state index in [4.69, 9.17) is 4.74 Å². The van der Waals surface area contributed by atoms with E-state index in [1.165, 1.54) is 6.92 Å². The van der Waals surface area contributed by atoms with Crippen molar-refractivity contribution < 1.29 is 19.1 Å².